The van der Waals surface area contributed by atoms with Crippen LogP contribution in [0.25, 0.3) is 0 Å². The number of amides is 1. The molecule has 0 unspecified atom stereocenters. The number of carbonyl (C=O) groups excluding carboxylic acids is 1. The van der Waals surface area contributed by atoms with Crippen LogP contribution in [0.15, 0.2) is 0 Å². The molecule has 1 aliphatic rings. The molecule has 0 aromatic carbocycles. The summed E-state index contributed by atoms with van der Waals surface area (Å²) in [5.41, 5.74) is 5.37. The molecule has 0 aromatic heterocycles. The number of rotatable bonds is 2. The molecule has 0 aliphatic heterocycles. The van der Waals surface area contributed by atoms with Gasteiger partial charge in [-0.05, 0) is 26.7 Å². The summed E-state index contributed by atoms with van der Waals surface area (Å²) >= 11 is 0. The van der Waals surface area contributed by atoms with Gasteiger partial charge in [-0.2, -0.15) is 0 Å². The highest BCUT2D eigenvalue weighted by Crippen LogP contribution is 2.27. The zero-order chi connectivity index (χ0) is 9.19. The third-order valence-electron chi connectivity index (χ3n) is 2.37. The molecule has 70 valence electrons. The monoisotopic (exact) mass is 170 g/mol. The Bertz CT molecular complexity index is 171. The summed E-state index contributed by atoms with van der Waals surface area (Å²) in [4.78, 5) is 11.5. The zero-order valence-electron chi connectivity index (χ0n) is 7.89. The summed E-state index contributed by atoms with van der Waals surface area (Å²) in [5, 5.41) is 2.86. The van der Waals surface area contributed by atoms with Crippen molar-refractivity contribution in [2.75, 3.05) is 0 Å². The van der Waals surface area contributed by atoms with E-state index in [-0.39, 0.29) is 11.9 Å². The van der Waals surface area contributed by atoms with Gasteiger partial charge < -0.3 is 11.1 Å². The molecule has 0 saturated heterocycles. The Hall–Kier alpha value is -0.570. The van der Waals surface area contributed by atoms with Crippen LogP contribution in [0.4, 0.5) is 0 Å². The van der Waals surface area contributed by atoms with Gasteiger partial charge in [0.15, 0.2) is 0 Å². The van der Waals surface area contributed by atoms with Crippen molar-refractivity contribution in [2.45, 2.75) is 51.1 Å². The first kappa shape index (κ1) is 9.52. The van der Waals surface area contributed by atoms with Gasteiger partial charge in [-0.25, -0.2) is 0 Å². The molecule has 0 aromatic rings. The minimum Gasteiger partial charge on any atom is -0.352 e. The molecule has 1 rings (SSSR count). The molecular weight excluding hydrogens is 152 g/mol. The average Bonchev–Trinajstić information content (AvgIpc) is 2.36. The lowest BCUT2D eigenvalue weighted by Gasteiger charge is -2.23. The van der Waals surface area contributed by atoms with E-state index in [1.807, 2.05) is 13.8 Å². The second-order valence-corrected chi connectivity index (χ2v) is 3.99. The fourth-order valence-corrected chi connectivity index (χ4v) is 1.64. The molecule has 0 heterocycles. The van der Waals surface area contributed by atoms with Crippen molar-refractivity contribution in [3.8, 4) is 0 Å². The Morgan fingerprint density at radius 3 is 2.33 bits per heavy atom. The minimum atomic E-state index is -0.565. The fourth-order valence-electron chi connectivity index (χ4n) is 1.64. The minimum absolute atomic E-state index is 0.0231. The van der Waals surface area contributed by atoms with Crippen LogP contribution >= 0.6 is 0 Å². The van der Waals surface area contributed by atoms with Crippen molar-refractivity contribution in [1.29, 1.82) is 0 Å². The molecule has 0 bridgehead atoms. The Balaban J connectivity index is 2.50. The van der Waals surface area contributed by atoms with Gasteiger partial charge >= 0.3 is 0 Å². The Labute approximate surface area is 73.7 Å². The first-order valence-electron chi connectivity index (χ1n) is 4.64. The SMILES string of the molecule is CC(C)NC(=O)C1(N)CCCC1. The van der Waals surface area contributed by atoms with Crippen LogP contribution in [0.5, 0.6) is 0 Å². The van der Waals surface area contributed by atoms with Crippen LogP contribution in [0.2, 0.25) is 0 Å². The fraction of sp³-hybridized carbons (Fsp3) is 0.889. The first-order valence-corrected chi connectivity index (χ1v) is 4.64. The first-order chi connectivity index (χ1) is 5.54. The van der Waals surface area contributed by atoms with Crippen molar-refractivity contribution >= 4 is 5.91 Å². The van der Waals surface area contributed by atoms with Crippen molar-refractivity contribution in [3.63, 3.8) is 0 Å². The third kappa shape index (κ3) is 1.97. The molecule has 1 fully saturated rings. The Morgan fingerprint density at radius 1 is 1.42 bits per heavy atom. The van der Waals surface area contributed by atoms with Crippen LogP contribution in [-0.4, -0.2) is 17.5 Å². The number of hydrogen-bond acceptors (Lipinski definition) is 2. The maximum Gasteiger partial charge on any atom is 0.240 e. The highest BCUT2D eigenvalue weighted by Gasteiger charge is 2.36. The molecule has 3 heteroatoms. The molecule has 0 atom stereocenters. The van der Waals surface area contributed by atoms with E-state index >= 15 is 0 Å². The van der Waals surface area contributed by atoms with Gasteiger partial charge in [0.05, 0.1) is 5.54 Å². The second kappa shape index (κ2) is 3.44. The molecular formula is C9H18N2O. The van der Waals surface area contributed by atoms with Crippen molar-refractivity contribution in [1.82, 2.24) is 5.32 Å². The summed E-state index contributed by atoms with van der Waals surface area (Å²) in [6, 6.07) is 0.193. The molecule has 1 saturated carbocycles. The lowest BCUT2D eigenvalue weighted by molar-refractivity contribution is -0.126. The van der Waals surface area contributed by atoms with E-state index < -0.39 is 5.54 Å². The van der Waals surface area contributed by atoms with Gasteiger partial charge in [0.1, 0.15) is 0 Å². The largest absolute Gasteiger partial charge is 0.352 e. The molecule has 1 aliphatic carbocycles. The predicted molar refractivity (Wildman–Crippen MR) is 48.7 cm³/mol. The number of nitrogens with two attached hydrogens (primary N) is 1. The van der Waals surface area contributed by atoms with Crippen LogP contribution in [0.1, 0.15) is 39.5 Å². The van der Waals surface area contributed by atoms with Gasteiger partial charge in [-0.1, -0.05) is 12.8 Å². The van der Waals surface area contributed by atoms with E-state index in [9.17, 15) is 4.79 Å². The van der Waals surface area contributed by atoms with Crippen molar-refractivity contribution in [2.24, 2.45) is 5.73 Å². The number of hydrogen-bond donors (Lipinski definition) is 2. The topological polar surface area (TPSA) is 55.1 Å². The van der Waals surface area contributed by atoms with E-state index in [2.05, 4.69) is 5.32 Å². The van der Waals surface area contributed by atoms with Crippen LogP contribution in [-0.2, 0) is 4.79 Å². The zero-order valence-corrected chi connectivity index (χ0v) is 7.89. The Morgan fingerprint density at radius 2 is 1.92 bits per heavy atom. The Kier molecular flexibility index (Phi) is 2.73. The lowest BCUT2D eigenvalue weighted by atomic mass is 9.98. The number of nitrogens with one attached hydrogen (secondary N) is 1. The second-order valence-electron chi connectivity index (χ2n) is 3.99. The number of carbonyl (C=O) groups is 1. The molecule has 0 spiro atoms. The van der Waals surface area contributed by atoms with E-state index in [0.29, 0.717) is 0 Å². The normalized spacial score (nSPS) is 21.3. The molecule has 1 amide bonds. The van der Waals surface area contributed by atoms with Gasteiger partial charge in [0.25, 0.3) is 0 Å². The summed E-state index contributed by atoms with van der Waals surface area (Å²) in [7, 11) is 0. The van der Waals surface area contributed by atoms with Gasteiger partial charge in [0.2, 0.25) is 5.91 Å². The third-order valence-corrected chi connectivity index (χ3v) is 2.37. The maximum absolute atomic E-state index is 11.5. The highest BCUT2D eigenvalue weighted by atomic mass is 16.2. The highest BCUT2D eigenvalue weighted by molar-refractivity contribution is 5.86. The summed E-state index contributed by atoms with van der Waals surface area (Å²) in [6.45, 7) is 3.91. The quantitative estimate of drug-likeness (QED) is 0.643. The summed E-state index contributed by atoms with van der Waals surface area (Å²) in [6.07, 6.45) is 3.85. The van der Waals surface area contributed by atoms with Crippen molar-refractivity contribution < 1.29 is 4.79 Å². The summed E-state index contributed by atoms with van der Waals surface area (Å²) in [5.74, 6) is 0.0231. The van der Waals surface area contributed by atoms with Gasteiger partial charge in [-0.3, -0.25) is 4.79 Å². The average molecular weight is 170 g/mol. The van der Waals surface area contributed by atoms with Crippen LogP contribution in [0.3, 0.4) is 0 Å². The standard InChI is InChI=1S/C9H18N2O/c1-7(2)11-8(12)9(10)5-3-4-6-9/h7H,3-6,10H2,1-2H3,(H,11,12). The van der Waals surface area contributed by atoms with Gasteiger partial charge in [0, 0.05) is 6.04 Å². The molecule has 3 nitrogen and oxygen atoms in total. The lowest BCUT2D eigenvalue weighted by Crippen LogP contribution is -2.53. The van der Waals surface area contributed by atoms with Crippen molar-refractivity contribution in [3.05, 3.63) is 0 Å². The van der Waals surface area contributed by atoms with E-state index in [1.165, 1.54) is 0 Å². The molecule has 3 N–H and O–H groups in total. The van der Waals surface area contributed by atoms with E-state index in [0.717, 1.165) is 25.7 Å². The van der Waals surface area contributed by atoms with E-state index in [4.69, 9.17) is 5.73 Å². The van der Waals surface area contributed by atoms with E-state index in [1.54, 1.807) is 0 Å². The molecule has 12 heavy (non-hydrogen) atoms. The summed E-state index contributed by atoms with van der Waals surface area (Å²) < 4.78 is 0. The smallest absolute Gasteiger partial charge is 0.240 e. The van der Waals surface area contributed by atoms with Gasteiger partial charge in [-0.15, -0.1) is 0 Å². The van der Waals surface area contributed by atoms with Crippen LogP contribution in [0, 0.1) is 0 Å². The maximum atomic E-state index is 11.5. The molecule has 0 radical (unpaired) electrons. The van der Waals surface area contributed by atoms with Crippen LogP contribution < -0.4 is 11.1 Å². The predicted octanol–water partition coefficient (Wildman–Crippen LogP) is 0.782.